The summed E-state index contributed by atoms with van der Waals surface area (Å²) in [6, 6.07) is 5.13. The Kier molecular flexibility index (Phi) is 11.6. The van der Waals surface area contributed by atoms with Crippen molar-refractivity contribution in [2.75, 3.05) is 0 Å². The molecule has 14 nitrogen and oxygen atoms in total. The lowest BCUT2D eigenvalue weighted by Gasteiger charge is -2.26. The molecule has 4 N–H and O–H groups in total. The van der Waals surface area contributed by atoms with Crippen LogP contribution < -0.4 is 21.3 Å². The number of ether oxygens (including phenoxy) is 2. The molecule has 3 aromatic rings. The van der Waals surface area contributed by atoms with Gasteiger partial charge in [-0.1, -0.05) is 64.4 Å². The van der Waals surface area contributed by atoms with E-state index in [2.05, 4.69) is 36.2 Å². The summed E-state index contributed by atoms with van der Waals surface area (Å²) in [4.78, 5) is 73.8. The predicted molar refractivity (Wildman–Crippen MR) is 202 cm³/mol. The molecule has 16 heteroatoms. The van der Waals surface area contributed by atoms with E-state index in [0.717, 1.165) is 5.56 Å². The number of amides is 4. The molecule has 2 aromatic heterocycles. The number of benzene rings is 1. The molecule has 0 saturated heterocycles. The average Bonchev–Trinajstić information content (AvgIpc) is 3.95. The van der Waals surface area contributed by atoms with Gasteiger partial charge in [0.2, 0.25) is 35.4 Å². The van der Waals surface area contributed by atoms with Crippen LogP contribution in [0.5, 0.6) is 0 Å². The van der Waals surface area contributed by atoms with Crippen molar-refractivity contribution in [3.05, 3.63) is 68.1 Å². The Labute approximate surface area is 316 Å². The van der Waals surface area contributed by atoms with Gasteiger partial charge in [-0.25, -0.2) is 20.0 Å². The molecule has 0 saturated carbocycles. The summed E-state index contributed by atoms with van der Waals surface area (Å²) in [7, 11) is 0. The summed E-state index contributed by atoms with van der Waals surface area (Å²) in [5.41, 5.74) is 1.84. The summed E-state index contributed by atoms with van der Waals surface area (Å²) < 4.78 is 12.1. The van der Waals surface area contributed by atoms with Crippen molar-refractivity contribution in [3.8, 4) is 0 Å². The Morgan fingerprint density at radius 3 is 1.79 bits per heavy atom. The fourth-order valence-electron chi connectivity index (χ4n) is 6.32. The number of aromatic nitrogens is 2. The summed E-state index contributed by atoms with van der Waals surface area (Å²) in [6.45, 7) is 12.9. The van der Waals surface area contributed by atoms with Crippen LogP contribution in [0.2, 0.25) is 0 Å². The van der Waals surface area contributed by atoms with Crippen molar-refractivity contribution < 1.29 is 28.7 Å². The highest BCUT2D eigenvalue weighted by Gasteiger charge is 2.40. The van der Waals surface area contributed by atoms with E-state index in [-0.39, 0.29) is 35.4 Å². The summed E-state index contributed by atoms with van der Waals surface area (Å²) >= 11 is 2.65. The van der Waals surface area contributed by atoms with E-state index >= 15 is 0 Å². The molecule has 3 aliphatic heterocycles. The van der Waals surface area contributed by atoms with Crippen LogP contribution in [0.25, 0.3) is 0 Å². The highest BCUT2D eigenvalue weighted by atomic mass is 32.1. The van der Waals surface area contributed by atoms with Crippen molar-refractivity contribution in [3.63, 3.8) is 0 Å². The minimum Gasteiger partial charge on any atom is -0.470 e. The van der Waals surface area contributed by atoms with Crippen LogP contribution in [0.15, 0.2) is 51.1 Å². The molecular formula is C37H46N8O6S2. The second kappa shape index (κ2) is 16.1. The highest BCUT2D eigenvalue weighted by molar-refractivity contribution is 7.10. The lowest BCUT2D eigenvalue weighted by Crippen LogP contribution is -2.53. The van der Waals surface area contributed by atoms with Gasteiger partial charge in [0.15, 0.2) is 12.1 Å². The first kappa shape index (κ1) is 38.0. The number of aliphatic imine (C=N–C) groups is 2. The third kappa shape index (κ3) is 8.43. The van der Waals surface area contributed by atoms with Crippen molar-refractivity contribution in [2.45, 2.75) is 110 Å². The fraction of sp³-hybridized carbons (Fsp3) is 0.514. The number of hydrogen-bond acceptors (Lipinski definition) is 12. The van der Waals surface area contributed by atoms with Gasteiger partial charge in [0, 0.05) is 10.8 Å². The Hall–Kier alpha value is -4.70. The van der Waals surface area contributed by atoms with Crippen LogP contribution in [0.3, 0.4) is 0 Å². The van der Waals surface area contributed by atoms with Crippen molar-refractivity contribution in [1.82, 2.24) is 31.2 Å². The first-order chi connectivity index (χ1) is 25.3. The van der Waals surface area contributed by atoms with Gasteiger partial charge >= 0.3 is 0 Å². The molecule has 3 aliphatic rings. The molecule has 0 radical (unpaired) electrons. The van der Waals surface area contributed by atoms with Crippen LogP contribution in [0.1, 0.15) is 93.9 Å². The zero-order valence-electron chi connectivity index (χ0n) is 30.8. The molecule has 0 spiro atoms. The first-order valence-corrected chi connectivity index (χ1v) is 19.7. The molecule has 4 amide bonds. The van der Waals surface area contributed by atoms with Crippen molar-refractivity contribution in [2.24, 2.45) is 21.8 Å². The number of nitrogens with one attached hydrogen (secondary N) is 4. The molecule has 0 unspecified atom stereocenters. The standard InChI is InChI=1S/C37H46N8O6S2/c1-8-18(4)27-31(47)38-19(5)36-40-24(15-52-36)34-44-28(20(6)50-34)32(48)42-26(17(2)3)30(46)39-23(14-22-12-10-9-11-13-22)37-41-25(16-53-37)35-45-29(21(7)51-35)33(49)43-27/h9-13,15-21,23,26-29H,8,14H2,1-7H3,(H,38,47)(H,39,46)(H,42,48)(H,43,49)/t18-,19+,20+,21+,23-,26-,27-,28-,29-/m0/s1. The topological polar surface area (TPSA) is 185 Å². The minimum atomic E-state index is -0.910. The molecule has 8 bridgehead atoms. The van der Waals surface area contributed by atoms with Crippen LogP contribution in [0, 0.1) is 11.8 Å². The van der Waals surface area contributed by atoms with E-state index < -0.39 is 60.3 Å². The van der Waals surface area contributed by atoms with Crippen LogP contribution in [-0.2, 0) is 35.1 Å². The summed E-state index contributed by atoms with van der Waals surface area (Å²) in [6.07, 6.45) is -0.151. The van der Waals surface area contributed by atoms with Gasteiger partial charge in [0.05, 0.1) is 12.1 Å². The van der Waals surface area contributed by atoms with Gasteiger partial charge in [-0.3, -0.25) is 19.2 Å². The Balaban J connectivity index is 1.37. The lowest BCUT2D eigenvalue weighted by atomic mass is 9.97. The average molecular weight is 763 g/mol. The molecule has 6 rings (SSSR count). The number of carbonyl (C=O) groups is 4. The number of thiazole rings is 2. The maximum atomic E-state index is 14.0. The molecular weight excluding hydrogens is 717 g/mol. The second-order valence-electron chi connectivity index (χ2n) is 14.1. The predicted octanol–water partition coefficient (Wildman–Crippen LogP) is 3.63. The van der Waals surface area contributed by atoms with Gasteiger partial charge in [-0.2, -0.15) is 0 Å². The van der Waals surface area contributed by atoms with E-state index in [0.29, 0.717) is 34.2 Å². The zero-order valence-corrected chi connectivity index (χ0v) is 32.4. The first-order valence-electron chi connectivity index (χ1n) is 18.0. The molecule has 282 valence electrons. The molecule has 9 atom stereocenters. The molecule has 0 fully saturated rings. The Morgan fingerprint density at radius 1 is 0.698 bits per heavy atom. The fourth-order valence-corrected chi connectivity index (χ4v) is 7.97. The SMILES string of the molecule is CC[C@H](C)[C@@H]1NC(=O)[C@H]2N=C(O[C@@H]2C)c2csc(n2)[C@H](Cc2ccccc2)NC(=O)[C@H](C(C)C)NC(=O)[C@H]2N=C(O[C@@H]2C)c2csc(n2)[C@@H](C)NC1=O. The van der Waals surface area contributed by atoms with E-state index in [1.807, 2.05) is 65.0 Å². The molecule has 53 heavy (non-hydrogen) atoms. The summed E-state index contributed by atoms with van der Waals surface area (Å²) in [5, 5.41) is 16.7. The molecule has 5 heterocycles. The number of carbonyl (C=O) groups excluding carboxylic acids is 4. The number of rotatable bonds is 5. The van der Waals surface area contributed by atoms with E-state index in [4.69, 9.17) is 14.5 Å². The third-order valence-corrected chi connectivity index (χ3v) is 11.7. The molecule has 0 aliphatic carbocycles. The smallest absolute Gasteiger partial charge is 0.249 e. The van der Waals surface area contributed by atoms with Crippen LogP contribution in [-0.4, -0.2) is 81.8 Å². The van der Waals surface area contributed by atoms with Crippen molar-refractivity contribution in [1.29, 1.82) is 0 Å². The van der Waals surface area contributed by atoms with Gasteiger partial charge in [-0.05, 0) is 44.6 Å². The van der Waals surface area contributed by atoms with E-state index in [1.54, 1.807) is 24.6 Å². The van der Waals surface area contributed by atoms with Gasteiger partial charge < -0.3 is 30.7 Å². The summed E-state index contributed by atoms with van der Waals surface area (Å²) in [5.74, 6) is -1.62. The maximum Gasteiger partial charge on any atom is 0.249 e. The van der Waals surface area contributed by atoms with Crippen molar-refractivity contribution >= 4 is 58.1 Å². The third-order valence-electron chi connectivity index (χ3n) is 9.68. The Morgan fingerprint density at radius 2 is 1.23 bits per heavy atom. The van der Waals surface area contributed by atoms with Gasteiger partial charge in [-0.15, -0.1) is 22.7 Å². The zero-order chi connectivity index (χ0) is 38.0. The minimum absolute atomic E-state index is 0.184. The Bertz CT molecular complexity index is 1890. The lowest BCUT2D eigenvalue weighted by molar-refractivity contribution is -0.131. The second-order valence-corrected chi connectivity index (χ2v) is 15.9. The highest BCUT2D eigenvalue weighted by Crippen LogP contribution is 2.28. The molecule has 1 aromatic carbocycles. The quantitative estimate of drug-likeness (QED) is 0.304. The van der Waals surface area contributed by atoms with Gasteiger partial charge in [0.1, 0.15) is 45.7 Å². The van der Waals surface area contributed by atoms with Gasteiger partial charge in [0.25, 0.3) is 0 Å². The normalized spacial score (nSPS) is 28.7. The van der Waals surface area contributed by atoms with Crippen LogP contribution >= 0.6 is 22.7 Å². The monoisotopic (exact) mass is 762 g/mol. The largest absolute Gasteiger partial charge is 0.470 e. The number of fused-ring (bicyclic) bond motifs is 8. The van der Waals surface area contributed by atoms with E-state index in [9.17, 15) is 19.2 Å². The maximum absolute atomic E-state index is 14.0. The van der Waals surface area contributed by atoms with E-state index in [1.165, 1.54) is 22.7 Å². The number of hydrogen-bond donors (Lipinski definition) is 4. The van der Waals surface area contributed by atoms with Crippen LogP contribution in [0.4, 0.5) is 0 Å². The number of nitrogens with zero attached hydrogens (tertiary/aromatic N) is 4.